The molecule has 1 saturated heterocycles. The Morgan fingerprint density at radius 1 is 0.565 bits per heavy atom. The molecule has 7 unspecified atom stereocenters. The summed E-state index contributed by atoms with van der Waals surface area (Å²) < 4.78 is 11.2. The molecule has 9 nitrogen and oxygen atoms in total. The second kappa shape index (κ2) is 42.3. The van der Waals surface area contributed by atoms with Crippen LogP contribution in [-0.2, 0) is 14.3 Å². The summed E-state index contributed by atoms with van der Waals surface area (Å²) in [4.78, 5) is 13.0. The number of allylic oxidation sites excluding steroid dienone is 13. The van der Waals surface area contributed by atoms with Gasteiger partial charge in [-0.25, -0.2) is 0 Å². The Kier molecular flexibility index (Phi) is 39.2. The van der Waals surface area contributed by atoms with Crippen molar-refractivity contribution in [1.82, 2.24) is 5.32 Å². The Balaban J connectivity index is 2.25. The van der Waals surface area contributed by atoms with Crippen molar-refractivity contribution in [3.05, 3.63) is 85.1 Å². The molecule has 1 rings (SSSR count). The van der Waals surface area contributed by atoms with E-state index in [1.807, 2.05) is 6.08 Å². The second-order valence-electron chi connectivity index (χ2n) is 16.9. The molecule has 1 aliphatic heterocycles. The summed E-state index contributed by atoms with van der Waals surface area (Å²) in [6.45, 7) is 3.61. The molecule has 1 fully saturated rings. The molecule has 356 valence electrons. The van der Waals surface area contributed by atoms with Crippen LogP contribution in [0.15, 0.2) is 85.1 Å². The van der Waals surface area contributed by atoms with Gasteiger partial charge in [0.1, 0.15) is 24.4 Å². The van der Waals surface area contributed by atoms with Gasteiger partial charge >= 0.3 is 0 Å². The molecule has 0 aromatic carbocycles. The molecule has 9 heteroatoms. The smallest absolute Gasteiger partial charge is 0.220 e. The summed E-state index contributed by atoms with van der Waals surface area (Å²) in [6.07, 6.45) is 52.1. The topological polar surface area (TPSA) is 149 Å². The van der Waals surface area contributed by atoms with E-state index in [1.54, 1.807) is 6.08 Å². The minimum atomic E-state index is -1.57. The number of amides is 1. The molecule has 1 heterocycles. The molecule has 1 aliphatic rings. The van der Waals surface area contributed by atoms with Crippen LogP contribution in [0.1, 0.15) is 187 Å². The molecule has 0 radical (unpaired) electrons. The van der Waals surface area contributed by atoms with Crippen molar-refractivity contribution in [1.29, 1.82) is 0 Å². The number of hydrogen-bond donors (Lipinski definition) is 6. The Bertz CT molecular complexity index is 1240. The Morgan fingerprint density at radius 2 is 1.02 bits per heavy atom. The normalized spacial score (nSPS) is 21.0. The van der Waals surface area contributed by atoms with Gasteiger partial charge in [0.05, 0.1) is 25.4 Å². The first-order chi connectivity index (χ1) is 30.3. The molecule has 0 spiro atoms. The summed E-state index contributed by atoms with van der Waals surface area (Å²) in [6, 6.07) is -0.826. The number of rotatable bonds is 40. The van der Waals surface area contributed by atoms with E-state index in [1.165, 1.54) is 89.9 Å². The van der Waals surface area contributed by atoms with Crippen molar-refractivity contribution in [2.24, 2.45) is 0 Å². The molecule has 7 atom stereocenters. The predicted octanol–water partition coefficient (Wildman–Crippen LogP) is 11.1. The van der Waals surface area contributed by atoms with Gasteiger partial charge in [0, 0.05) is 6.42 Å². The van der Waals surface area contributed by atoms with Crippen molar-refractivity contribution in [3.8, 4) is 0 Å². The van der Waals surface area contributed by atoms with Gasteiger partial charge in [-0.05, 0) is 77.0 Å². The van der Waals surface area contributed by atoms with Crippen LogP contribution in [0, 0.1) is 0 Å². The third-order valence-corrected chi connectivity index (χ3v) is 11.2. The highest BCUT2D eigenvalue weighted by molar-refractivity contribution is 5.76. The lowest BCUT2D eigenvalue weighted by atomic mass is 9.99. The van der Waals surface area contributed by atoms with Crippen molar-refractivity contribution in [2.45, 2.75) is 230 Å². The molecule has 1 amide bonds. The monoisotopic (exact) mass is 870 g/mol. The zero-order valence-corrected chi connectivity index (χ0v) is 39.1. The standard InChI is InChI=1S/C53H91NO8/c1-3-5-7-9-11-13-15-17-18-19-20-21-22-23-24-25-26-27-28-29-30-31-33-35-37-39-41-43-49(57)54-46(45-61-53-52(60)51(59)50(58)48(44-55)62-53)47(56)42-40-38-36-34-32-16-14-12-10-8-6-4-2/h5,7,11,13,17-18,20-21,23-24,32,34,40,42,46-48,50-53,55-56,58-60H,3-4,6,8-10,12,14-16,19,22,25-31,33,35-39,41,43-45H2,1-2H3,(H,54,57)/b7-5-,13-11-,18-17-,21-20-,24-23-,34-32+,42-40+. The quantitative estimate of drug-likeness (QED) is 0.0263. The number of nitrogens with one attached hydrogen (secondary N) is 1. The van der Waals surface area contributed by atoms with E-state index < -0.39 is 49.5 Å². The minimum Gasteiger partial charge on any atom is -0.394 e. The summed E-state index contributed by atoms with van der Waals surface area (Å²) in [5, 5.41) is 54.2. The maximum absolute atomic E-state index is 13.0. The SMILES string of the molecule is CC/C=C\C/C=C\C/C=C\C/C=C\C/C=C\CCCCCCCCCCCCCC(=O)NC(COC1OC(CO)C(O)C(O)C1O)C(O)/C=C/CC/C=C/CCCCCCCC. The number of unbranched alkanes of at least 4 members (excludes halogenated alkanes) is 18. The van der Waals surface area contributed by atoms with Crippen molar-refractivity contribution in [2.75, 3.05) is 13.2 Å². The third-order valence-electron chi connectivity index (χ3n) is 11.2. The van der Waals surface area contributed by atoms with Crippen LogP contribution in [0.3, 0.4) is 0 Å². The van der Waals surface area contributed by atoms with E-state index in [9.17, 15) is 30.3 Å². The molecule has 0 bridgehead atoms. The summed E-state index contributed by atoms with van der Waals surface area (Å²) >= 11 is 0. The van der Waals surface area contributed by atoms with E-state index in [0.29, 0.717) is 6.42 Å². The Morgan fingerprint density at radius 3 is 1.55 bits per heavy atom. The van der Waals surface area contributed by atoms with Crippen LogP contribution >= 0.6 is 0 Å². The van der Waals surface area contributed by atoms with E-state index >= 15 is 0 Å². The van der Waals surface area contributed by atoms with Gasteiger partial charge in [-0.1, -0.05) is 189 Å². The molecule has 0 aliphatic carbocycles. The van der Waals surface area contributed by atoms with Crippen LogP contribution in [0.5, 0.6) is 0 Å². The van der Waals surface area contributed by atoms with Crippen LogP contribution < -0.4 is 5.32 Å². The molecular weight excluding hydrogens is 779 g/mol. The first-order valence-electron chi connectivity index (χ1n) is 24.8. The number of hydrogen-bond acceptors (Lipinski definition) is 8. The van der Waals surface area contributed by atoms with E-state index in [4.69, 9.17) is 9.47 Å². The first-order valence-corrected chi connectivity index (χ1v) is 24.8. The lowest BCUT2D eigenvalue weighted by Crippen LogP contribution is -2.60. The number of carbonyl (C=O) groups is 1. The zero-order valence-electron chi connectivity index (χ0n) is 39.1. The summed E-state index contributed by atoms with van der Waals surface area (Å²) in [7, 11) is 0. The Hall–Kier alpha value is -2.63. The molecule has 6 N–H and O–H groups in total. The van der Waals surface area contributed by atoms with Gasteiger partial charge in [-0.15, -0.1) is 0 Å². The highest BCUT2D eigenvalue weighted by Crippen LogP contribution is 2.22. The van der Waals surface area contributed by atoms with Gasteiger partial charge in [0.2, 0.25) is 5.91 Å². The number of aliphatic hydroxyl groups excluding tert-OH is 5. The molecular formula is C53H91NO8. The summed E-state index contributed by atoms with van der Waals surface area (Å²) in [5.41, 5.74) is 0. The molecule has 0 aromatic rings. The fourth-order valence-corrected chi connectivity index (χ4v) is 7.26. The lowest BCUT2D eigenvalue weighted by Gasteiger charge is -2.40. The van der Waals surface area contributed by atoms with Gasteiger partial charge in [0.15, 0.2) is 6.29 Å². The zero-order chi connectivity index (χ0) is 45.1. The van der Waals surface area contributed by atoms with Crippen LogP contribution in [0.4, 0.5) is 0 Å². The summed E-state index contributed by atoms with van der Waals surface area (Å²) in [5.74, 6) is -0.196. The number of ether oxygens (including phenoxy) is 2. The fraction of sp³-hybridized carbons (Fsp3) is 0.717. The average Bonchev–Trinajstić information content (AvgIpc) is 3.27. The average molecular weight is 870 g/mol. The highest BCUT2D eigenvalue weighted by atomic mass is 16.7. The maximum Gasteiger partial charge on any atom is 0.220 e. The first kappa shape index (κ1) is 57.4. The second-order valence-corrected chi connectivity index (χ2v) is 16.9. The Labute approximate surface area is 378 Å². The van der Waals surface area contributed by atoms with Gasteiger partial charge in [-0.3, -0.25) is 4.79 Å². The van der Waals surface area contributed by atoms with Crippen LogP contribution in [0.2, 0.25) is 0 Å². The van der Waals surface area contributed by atoms with Gasteiger partial charge in [0.25, 0.3) is 0 Å². The van der Waals surface area contributed by atoms with E-state index in [2.05, 4.69) is 92.1 Å². The molecule has 62 heavy (non-hydrogen) atoms. The highest BCUT2D eigenvalue weighted by Gasteiger charge is 2.44. The predicted molar refractivity (Wildman–Crippen MR) is 258 cm³/mol. The van der Waals surface area contributed by atoms with E-state index in [0.717, 1.165) is 77.0 Å². The molecule has 0 aromatic heterocycles. The van der Waals surface area contributed by atoms with Gasteiger partial charge in [-0.2, -0.15) is 0 Å². The maximum atomic E-state index is 13.0. The number of aliphatic hydroxyl groups is 5. The van der Waals surface area contributed by atoms with Crippen LogP contribution in [0.25, 0.3) is 0 Å². The fourth-order valence-electron chi connectivity index (χ4n) is 7.26. The largest absolute Gasteiger partial charge is 0.394 e. The van der Waals surface area contributed by atoms with Crippen molar-refractivity contribution < 1.29 is 39.8 Å². The number of carbonyl (C=O) groups excluding carboxylic acids is 1. The molecule has 0 saturated carbocycles. The lowest BCUT2D eigenvalue weighted by molar-refractivity contribution is -0.302. The van der Waals surface area contributed by atoms with Crippen molar-refractivity contribution >= 4 is 5.91 Å². The minimum absolute atomic E-state index is 0.196. The van der Waals surface area contributed by atoms with E-state index in [-0.39, 0.29) is 12.5 Å². The van der Waals surface area contributed by atoms with Crippen molar-refractivity contribution in [3.63, 3.8) is 0 Å². The third kappa shape index (κ3) is 32.1. The van der Waals surface area contributed by atoms with Crippen LogP contribution in [-0.4, -0.2) is 87.5 Å². The van der Waals surface area contributed by atoms with Gasteiger partial charge < -0.3 is 40.3 Å².